The van der Waals surface area contributed by atoms with E-state index in [0.29, 0.717) is 34.8 Å². The van der Waals surface area contributed by atoms with Crippen LogP contribution >= 0.6 is 11.6 Å². The first-order valence-corrected chi connectivity index (χ1v) is 5.89. The highest BCUT2D eigenvalue weighted by Crippen LogP contribution is 2.27. The molecular formula is C13H13ClN2O2. The van der Waals surface area contributed by atoms with Gasteiger partial charge < -0.3 is 15.2 Å². The number of nitrogen functional groups attached to an aromatic ring is 1. The van der Waals surface area contributed by atoms with Crippen LogP contribution in [0.5, 0.6) is 17.5 Å². The van der Waals surface area contributed by atoms with Crippen molar-refractivity contribution in [2.75, 3.05) is 12.3 Å². The Kier molecular flexibility index (Phi) is 3.89. The Labute approximate surface area is 110 Å². The number of hydrogen-bond acceptors (Lipinski definition) is 4. The van der Waals surface area contributed by atoms with E-state index in [9.17, 15) is 0 Å². The van der Waals surface area contributed by atoms with Gasteiger partial charge in [0, 0.05) is 18.2 Å². The van der Waals surface area contributed by atoms with E-state index in [0.717, 1.165) is 0 Å². The second kappa shape index (κ2) is 5.60. The van der Waals surface area contributed by atoms with Gasteiger partial charge in [0.05, 0.1) is 17.3 Å². The molecule has 1 aromatic carbocycles. The molecule has 0 aliphatic carbocycles. The SMILES string of the molecule is CCOc1cccc(Oc2ccc(N)c(Cl)c2)n1. The molecule has 1 heterocycles. The number of benzene rings is 1. The summed E-state index contributed by atoms with van der Waals surface area (Å²) in [5.41, 5.74) is 6.14. The largest absolute Gasteiger partial charge is 0.478 e. The molecule has 94 valence electrons. The van der Waals surface area contributed by atoms with Gasteiger partial charge in [0.1, 0.15) is 5.75 Å². The van der Waals surface area contributed by atoms with Crippen LogP contribution in [0.4, 0.5) is 5.69 Å². The lowest BCUT2D eigenvalue weighted by atomic mass is 10.3. The third-order valence-electron chi connectivity index (χ3n) is 2.18. The lowest BCUT2D eigenvalue weighted by Crippen LogP contribution is -1.95. The molecule has 0 amide bonds. The summed E-state index contributed by atoms with van der Waals surface area (Å²) in [5, 5.41) is 0.452. The van der Waals surface area contributed by atoms with E-state index in [1.54, 1.807) is 30.3 Å². The topological polar surface area (TPSA) is 57.4 Å². The van der Waals surface area contributed by atoms with Crippen LogP contribution in [0.15, 0.2) is 36.4 Å². The first-order chi connectivity index (χ1) is 8.69. The maximum Gasteiger partial charge on any atom is 0.222 e. The molecule has 0 aliphatic rings. The Bertz CT molecular complexity index is 546. The van der Waals surface area contributed by atoms with Crippen molar-refractivity contribution < 1.29 is 9.47 Å². The molecule has 0 spiro atoms. The molecular weight excluding hydrogens is 252 g/mol. The zero-order chi connectivity index (χ0) is 13.0. The van der Waals surface area contributed by atoms with Crippen LogP contribution in [0, 0.1) is 0 Å². The van der Waals surface area contributed by atoms with Gasteiger partial charge in [-0.05, 0) is 19.1 Å². The summed E-state index contributed by atoms with van der Waals surface area (Å²) in [5.74, 6) is 1.55. The minimum atomic E-state index is 0.446. The zero-order valence-electron chi connectivity index (χ0n) is 9.89. The Hall–Kier alpha value is -1.94. The molecule has 0 saturated carbocycles. The zero-order valence-corrected chi connectivity index (χ0v) is 10.6. The number of halogens is 1. The Morgan fingerprint density at radius 1 is 1.22 bits per heavy atom. The smallest absolute Gasteiger partial charge is 0.222 e. The van der Waals surface area contributed by atoms with Crippen LogP contribution in [-0.4, -0.2) is 11.6 Å². The summed E-state index contributed by atoms with van der Waals surface area (Å²) >= 11 is 5.91. The summed E-state index contributed by atoms with van der Waals surface area (Å²) < 4.78 is 10.9. The number of hydrogen-bond donors (Lipinski definition) is 1. The van der Waals surface area contributed by atoms with Crippen LogP contribution in [0.2, 0.25) is 5.02 Å². The summed E-state index contributed by atoms with van der Waals surface area (Å²) in [4.78, 5) is 4.19. The van der Waals surface area contributed by atoms with E-state index >= 15 is 0 Å². The van der Waals surface area contributed by atoms with Crippen molar-refractivity contribution in [2.24, 2.45) is 0 Å². The van der Waals surface area contributed by atoms with E-state index < -0.39 is 0 Å². The third-order valence-corrected chi connectivity index (χ3v) is 2.51. The van der Waals surface area contributed by atoms with E-state index in [1.165, 1.54) is 0 Å². The van der Waals surface area contributed by atoms with Crippen molar-refractivity contribution >= 4 is 17.3 Å². The lowest BCUT2D eigenvalue weighted by molar-refractivity contribution is 0.321. The molecule has 2 aromatic rings. The molecule has 18 heavy (non-hydrogen) atoms. The van der Waals surface area contributed by atoms with Crippen molar-refractivity contribution in [2.45, 2.75) is 6.92 Å². The lowest BCUT2D eigenvalue weighted by Gasteiger charge is -2.07. The molecule has 1 aromatic heterocycles. The summed E-state index contributed by atoms with van der Waals surface area (Å²) in [6.07, 6.45) is 0. The van der Waals surface area contributed by atoms with E-state index in [4.69, 9.17) is 26.8 Å². The monoisotopic (exact) mass is 264 g/mol. The van der Waals surface area contributed by atoms with Gasteiger partial charge in [-0.15, -0.1) is 0 Å². The van der Waals surface area contributed by atoms with Gasteiger partial charge in [-0.1, -0.05) is 17.7 Å². The molecule has 0 radical (unpaired) electrons. The summed E-state index contributed by atoms with van der Waals surface area (Å²) in [6, 6.07) is 10.4. The first-order valence-electron chi connectivity index (χ1n) is 5.52. The number of nitrogens with zero attached hydrogens (tertiary/aromatic N) is 1. The molecule has 0 saturated heterocycles. The third kappa shape index (κ3) is 3.05. The average Bonchev–Trinajstić information content (AvgIpc) is 2.35. The second-order valence-corrected chi connectivity index (χ2v) is 3.94. The van der Waals surface area contributed by atoms with Crippen molar-refractivity contribution in [1.82, 2.24) is 4.98 Å². The van der Waals surface area contributed by atoms with E-state index in [-0.39, 0.29) is 0 Å². The number of ether oxygens (including phenoxy) is 2. The van der Waals surface area contributed by atoms with Gasteiger partial charge in [0.2, 0.25) is 11.8 Å². The second-order valence-electron chi connectivity index (χ2n) is 3.53. The summed E-state index contributed by atoms with van der Waals surface area (Å²) in [7, 11) is 0. The van der Waals surface area contributed by atoms with Gasteiger partial charge in [0.15, 0.2) is 0 Å². The normalized spacial score (nSPS) is 10.1. The molecule has 4 nitrogen and oxygen atoms in total. The maximum atomic E-state index is 5.91. The minimum absolute atomic E-state index is 0.446. The highest BCUT2D eigenvalue weighted by molar-refractivity contribution is 6.33. The fourth-order valence-electron chi connectivity index (χ4n) is 1.37. The number of aromatic nitrogens is 1. The highest BCUT2D eigenvalue weighted by atomic mass is 35.5. The quantitative estimate of drug-likeness (QED) is 0.859. The molecule has 2 N–H and O–H groups in total. The molecule has 0 bridgehead atoms. The number of nitrogens with two attached hydrogens (primary N) is 1. The Morgan fingerprint density at radius 3 is 2.72 bits per heavy atom. The van der Waals surface area contributed by atoms with Crippen molar-refractivity contribution in [3.8, 4) is 17.5 Å². The van der Waals surface area contributed by atoms with Gasteiger partial charge in [-0.25, -0.2) is 0 Å². The maximum absolute atomic E-state index is 5.91. The van der Waals surface area contributed by atoms with Gasteiger partial charge >= 0.3 is 0 Å². The van der Waals surface area contributed by atoms with Crippen LogP contribution in [0.3, 0.4) is 0 Å². The highest BCUT2D eigenvalue weighted by Gasteiger charge is 2.03. The van der Waals surface area contributed by atoms with E-state index in [1.807, 2.05) is 13.0 Å². The first kappa shape index (κ1) is 12.5. The number of pyridine rings is 1. The molecule has 0 atom stereocenters. The van der Waals surface area contributed by atoms with Crippen LogP contribution in [-0.2, 0) is 0 Å². The molecule has 2 rings (SSSR count). The number of anilines is 1. The molecule has 5 heteroatoms. The van der Waals surface area contributed by atoms with Crippen molar-refractivity contribution in [3.63, 3.8) is 0 Å². The number of rotatable bonds is 4. The predicted molar refractivity (Wildman–Crippen MR) is 71.3 cm³/mol. The Morgan fingerprint density at radius 2 is 2.00 bits per heavy atom. The standard InChI is InChI=1S/C13H13ClN2O2/c1-2-17-12-4-3-5-13(16-12)18-9-6-7-11(15)10(14)8-9/h3-8H,2,15H2,1H3. The van der Waals surface area contributed by atoms with Gasteiger partial charge in [0.25, 0.3) is 0 Å². The van der Waals surface area contributed by atoms with Gasteiger partial charge in [-0.3, -0.25) is 0 Å². The van der Waals surface area contributed by atoms with E-state index in [2.05, 4.69) is 4.98 Å². The molecule has 0 unspecified atom stereocenters. The Balaban J connectivity index is 2.17. The molecule has 0 aliphatic heterocycles. The average molecular weight is 265 g/mol. The fraction of sp³-hybridized carbons (Fsp3) is 0.154. The van der Waals surface area contributed by atoms with Crippen LogP contribution in [0.1, 0.15) is 6.92 Å². The summed E-state index contributed by atoms with van der Waals surface area (Å²) in [6.45, 7) is 2.46. The van der Waals surface area contributed by atoms with Gasteiger partial charge in [-0.2, -0.15) is 4.98 Å². The molecule has 0 fully saturated rings. The van der Waals surface area contributed by atoms with Crippen molar-refractivity contribution in [3.05, 3.63) is 41.4 Å². The predicted octanol–water partition coefficient (Wildman–Crippen LogP) is 3.51. The van der Waals surface area contributed by atoms with Crippen molar-refractivity contribution in [1.29, 1.82) is 0 Å². The van der Waals surface area contributed by atoms with Crippen LogP contribution < -0.4 is 15.2 Å². The minimum Gasteiger partial charge on any atom is -0.478 e. The fourth-order valence-corrected chi connectivity index (χ4v) is 1.54. The van der Waals surface area contributed by atoms with Crippen LogP contribution in [0.25, 0.3) is 0 Å².